The lowest BCUT2D eigenvalue weighted by Gasteiger charge is -2.04. The largest absolute Gasteiger partial charge is 0.207 e. The van der Waals surface area contributed by atoms with Crippen molar-refractivity contribution in [2.45, 2.75) is 40.0 Å². The number of halogens is 1. The van der Waals surface area contributed by atoms with E-state index in [1.54, 1.807) is 6.07 Å². The third kappa shape index (κ3) is 2.92. The summed E-state index contributed by atoms with van der Waals surface area (Å²) in [4.78, 5) is 0. The van der Waals surface area contributed by atoms with Crippen LogP contribution >= 0.6 is 0 Å². The molecule has 1 fully saturated rings. The molecule has 1 aliphatic rings. The van der Waals surface area contributed by atoms with Crippen LogP contribution in [-0.4, -0.2) is 0 Å². The smallest absolute Gasteiger partial charge is 0.127 e. The molecule has 2 aromatic rings. The van der Waals surface area contributed by atoms with Gasteiger partial charge in [-0.3, -0.25) is 0 Å². The minimum absolute atomic E-state index is 0.113. The van der Waals surface area contributed by atoms with Crippen molar-refractivity contribution in [3.8, 4) is 11.8 Å². The summed E-state index contributed by atoms with van der Waals surface area (Å²) >= 11 is 0. The van der Waals surface area contributed by atoms with E-state index < -0.39 is 0 Å². The van der Waals surface area contributed by atoms with E-state index in [9.17, 15) is 4.39 Å². The quantitative estimate of drug-likeness (QED) is 0.628. The molecule has 0 radical (unpaired) electrons. The highest BCUT2D eigenvalue weighted by Gasteiger charge is 2.35. The van der Waals surface area contributed by atoms with Gasteiger partial charge >= 0.3 is 0 Å². The van der Waals surface area contributed by atoms with Crippen molar-refractivity contribution in [2.24, 2.45) is 5.92 Å². The maximum absolute atomic E-state index is 14.2. The van der Waals surface area contributed by atoms with E-state index in [-0.39, 0.29) is 5.82 Å². The van der Waals surface area contributed by atoms with Gasteiger partial charge in [0.05, 0.1) is 0 Å². The van der Waals surface area contributed by atoms with Crippen LogP contribution in [0.3, 0.4) is 0 Å². The van der Waals surface area contributed by atoms with Gasteiger partial charge in [0.25, 0.3) is 0 Å². The Hall–Kier alpha value is -2.07. The average molecular weight is 292 g/mol. The van der Waals surface area contributed by atoms with Gasteiger partial charge < -0.3 is 0 Å². The fraction of sp³-hybridized carbons (Fsp3) is 0.333. The first-order valence-corrected chi connectivity index (χ1v) is 7.85. The summed E-state index contributed by atoms with van der Waals surface area (Å²) in [5.41, 5.74) is 6.28. The van der Waals surface area contributed by atoms with Crippen molar-refractivity contribution in [3.05, 3.63) is 69.5 Å². The van der Waals surface area contributed by atoms with E-state index in [0.717, 1.165) is 23.1 Å². The zero-order valence-electron chi connectivity index (χ0n) is 13.6. The van der Waals surface area contributed by atoms with Crippen LogP contribution in [0.2, 0.25) is 0 Å². The van der Waals surface area contributed by atoms with Crippen LogP contribution in [-0.2, 0) is 0 Å². The summed E-state index contributed by atoms with van der Waals surface area (Å²) in [7, 11) is 0. The first-order chi connectivity index (χ1) is 10.5. The fourth-order valence-corrected chi connectivity index (χ4v) is 2.90. The van der Waals surface area contributed by atoms with Gasteiger partial charge in [-0.15, -0.1) is 0 Å². The van der Waals surface area contributed by atoms with Crippen LogP contribution in [0.25, 0.3) is 0 Å². The Balaban J connectivity index is 1.88. The second kappa shape index (κ2) is 5.61. The molecule has 0 spiro atoms. The molecule has 0 nitrogen and oxygen atoms in total. The third-order valence-electron chi connectivity index (χ3n) is 4.69. The van der Waals surface area contributed by atoms with Crippen molar-refractivity contribution >= 4 is 0 Å². The standard InChI is InChI=1S/C21H21F/c1-13-9-15(3)18(10-14(13)2)7-5-17-6-8-19(21(22)12-17)20-11-16(20)4/h6,8-10,12,16,20H,11H2,1-4H3. The Morgan fingerprint density at radius 1 is 0.955 bits per heavy atom. The summed E-state index contributed by atoms with van der Waals surface area (Å²) in [5, 5.41) is 0. The minimum Gasteiger partial charge on any atom is -0.207 e. The highest BCUT2D eigenvalue weighted by atomic mass is 19.1. The summed E-state index contributed by atoms with van der Waals surface area (Å²) in [6.07, 6.45) is 1.10. The highest BCUT2D eigenvalue weighted by Crippen LogP contribution is 2.47. The van der Waals surface area contributed by atoms with Crippen LogP contribution in [0.4, 0.5) is 4.39 Å². The van der Waals surface area contributed by atoms with E-state index in [2.05, 4.69) is 51.7 Å². The number of hydrogen-bond acceptors (Lipinski definition) is 0. The van der Waals surface area contributed by atoms with E-state index in [4.69, 9.17) is 0 Å². The first kappa shape index (κ1) is 14.9. The Morgan fingerprint density at radius 2 is 1.64 bits per heavy atom. The molecular weight excluding hydrogens is 271 g/mol. The average Bonchev–Trinajstić information content (AvgIpc) is 3.18. The van der Waals surface area contributed by atoms with E-state index >= 15 is 0 Å². The van der Waals surface area contributed by atoms with Crippen molar-refractivity contribution in [3.63, 3.8) is 0 Å². The number of rotatable bonds is 1. The molecule has 0 heterocycles. The normalized spacial score (nSPS) is 19.5. The van der Waals surface area contributed by atoms with E-state index in [0.29, 0.717) is 11.8 Å². The zero-order chi connectivity index (χ0) is 15.9. The van der Waals surface area contributed by atoms with Crippen molar-refractivity contribution in [1.29, 1.82) is 0 Å². The molecule has 2 unspecified atom stereocenters. The lowest BCUT2D eigenvalue weighted by Crippen LogP contribution is -1.90. The SMILES string of the molecule is Cc1cc(C)c(C#Cc2ccc(C3CC3C)c(F)c2)cc1C. The predicted molar refractivity (Wildman–Crippen MR) is 89.6 cm³/mol. The van der Waals surface area contributed by atoms with Gasteiger partial charge in [-0.2, -0.15) is 0 Å². The fourth-order valence-electron chi connectivity index (χ4n) is 2.90. The molecule has 0 aliphatic heterocycles. The summed E-state index contributed by atoms with van der Waals surface area (Å²) in [5.74, 6) is 7.19. The molecule has 0 aromatic heterocycles. The molecule has 1 aliphatic carbocycles. The molecular formula is C21H21F. The predicted octanol–water partition coefficient (Wildman–Crippen LogP) is 5.27. The monoisotopic (exact) mass is 292 g/mol. The van der Waals surface area contributed by atoms with Crippen LogP contribution in [0.5, 0.6) is 0 Å². The van der Waals surface area contributed by atoms with Crippen molar-refractivity contribution in [2.75, 3.05) is 0 Å². The molecule has 0 N–H and O–H groups in total. The van der Waals surface area contributed by atoms with Crippen LogP contribution in [0.15, 0.2) is 30.3 Å². The number of hydrogen-bond donors (Lipinski definition) is 0. The zero-order valence-corrected chi connectivity index (χ0v) is 13.6. The Bertz CT molecular complexity index is 790. The molecule has 0 bridgehead atoms. The minimum atomic E-state index is -0.113. The molecule has 1 saturated carbocycles. The van der Waals surface area contributed by atoms with Gasteiger partial charge in [-0.05, 0) is 79.5 Å². The summed E-state index contributed by atoms with van der Waals surface area (Å²) < 4.78 is 14.2. The molecule has 3 rings (SSSR count). The van der Waals surface area contributed by atoms with E-state index in [1.165, 1.54) is 16.7 Å². The summed E-state index contributed by atoms with van der Waals surface area (Å²) in [6.45, 7) is 8.42. The van der Waals surface area contributed by atoms with Gasteiger partial charge in [-0.25, -0.2) is 4.39 Å². The second-order valence-corrected chi connectivity index (χ2v) is 6.56. The maximum atomic E-state index is 14.2. The Morgan fingerprint density at radius 3 is 2.27 bits per heavy atom. The lowest BCUT2D eigenvalue weighted by molar-refractivity contribution is 0.607. The maximum Gasteiger partial charge on any atom is 0.127 e. The van der Waals surface area contributed by atoms with Crippen molar-refractivity contribution in [1.82, 2.24) is 0 Å². The Kier molecular flexibility index (Phi) is 3.79. The van der Waals surface area contributed by atoms with Crippen LogP contribution in [0, 0.1) is 44.3 Å². The van der Waals surface area contributed by atoms with Gasteiger partial charge in [0.2, 0.25) is 0 Å². The van der Waals surface area contributed by atoms with Crippen LogP contribution < -0.4 is 0 Å². The van der Waals surface area contributed by atoms with Gasteiger partial charge in [0, 0.05) is 11.1 Å². The molecule has 0 amide bonds. The molecule has 2 atom stereocenters. The van der Waals surface area contributed by atoms with Gasteiger partial charge in [0.1, 0.15) is 5.82 Å². The number of benzene rings is 2. The van der Waals surface area contributed by atoms with Gasteiger partial charge in [-0.1, -0.05) is 30.9 Å². The highest BCUT2D eigenvalue weighted by molar-refractivity contribution is 5.50. The lowest BCUT2D eigenvalue weighted by atomic mass is 10.0. The van der Waals surface area contributed by atoms with Crippen LogP contribution in [0.1, 0.15) is 52.6 Å². The molecule has 22 heavy (non-hydrogen) atoms. The van der Waals surface area contributed by atoms with Gasteiger partial charge in [0.15, 0.2) is 0 Å². The van der Waals surface area contributed by atoms with Crippen molar-refractivity contribution < 1.29 is 4.39 Å². The molecule has 112 valence electrons. The van der Waals surface area contributed by atoms with E-state index in [1.807, 2.05) is 12.1 Å². The Labute approximate surface area is 132 Å². The topological polar surface area (TPSA) is 0 Å². The number of aryl methyl sites for hydroxylation is 3. The third-order valence-corrected chi connectivity index (χ3v) is 4.69. The molecule has 2 aromatic carbocycles. The molecule has 1 heteroatoms. The molecule has 0 saturated heterocycles. The first-order valence-electron chi connectivity index (χ1n) is 7.85. The second-order valence-electron chi connectivity index (χ2n) is 6.56. The summed E-state index contributed by atoms with van der Waals surface area (Å²) in [6, 6.07) is 9.67.